The number of carbonyl (C=O) groups excluding carboxylic acids is 2. The molecule has 0 unspecified atom stereocenters. The molecule has 3 aliphatic rings. The van der Waals surface area contributed by atoms with Crippen LogP contribution in [-0.2, 0) is 4.79 Å². The number of aromatic nitrogens is 1. The number of likely N-dealkylation sites (tertiary alicyclic amines) is 2. The first-order valence-corrected chi connectivity index (χ1v) is 13.7. The predicted molar refractivity (Wildman–Crippen MR) is 150 cm³/mol. The first-order valence-electron chi connectivity index (χ1n) is 13.7. The summed E-state index contributed by atoms with van der Waals surface area (Å²) < 4.78 is 14.8. The van der Waals surface area contributed by atoms with Gasteiger partial charge in [-0.25, -0.2) is 4.39 Å². The largest absolute Gasteiger partial charge is 0.393 e. The number of aliphatic hydroxyl groups is 1. The van der Waals surface area contributed by atoms with E-state index >= 15 is 0 Å². The van der Waals surface area contributed by atoms with Gasteiger partial charge in [0.05, 0.1) is 22.9 Å². The van der Waals surface area contributed by atoms with Crippen molar-refractivity contribution in [2.75, 3.05) is 31.5 Å². The molecule has 0 spiro atoms. The quantitative estimate of drug-likeness (QED) is 0.420. The van der Waals surface area contributed by atoms with Crippen LogP contribution in [0.4, 0.5) is 10.1 Å². The molecule has 0 aliphatic carbocycles. The molecular weight excluding hydrogens is 495 g/mol. The number of hydrogen-bond donors (Lipinski definition) is 3. The number of carbonyl (C=O) groups is 2. The number of aromatic amines is 1. The molecule has 0 bridgehead atoms. The maximum atomic E-state index is 14.8. The minimum absolute atomic E-state index is 0.0493. The van der Waals surface area contributed by atoms with Gasteiger partial charge in [0, 0.05) is 54.7 Å². The fourth-order valence-electron chi connectivity index (χ4n) is 6.18. The van der Waals surface area contributed by atoms with E-state index in [1.54, 1.807) is 36.4 Å². The van der Waals surface area contributed by atoms with Gasteiger partial charge in [-0.3, -0.25) is 9.59 Å². The number of hydrogen-bond acceptors (Lipinski definition) is 4. The van der Waals surface area contributed by atoms with Gasteiger partial charge in [0.2, 0.25) is 0 Å². The molecule has 2 amide bonds. The van der Waals surface area contributed by atoms with Crippen LogP contribution < -0.4 is 5.32 Å². The predicted octanol–water partition coefficient (Wildman–Crippen LogP) is 4.68. The standard InChI is InChI=1S/C31H33FN4O3/c1-19-16-24(31(39)36-13-5-6-20(36)18-35-14-11-21(37)12-15-35)28(33-19)17-25-29-23(22-7-2-3-9-26(22)32)8-4-10-27(29)34-30(25)38/h2-4,7-10,16-17,20-21,33,37H,5-6,11-15,18H2,1H3,(H,34,38)/t20-/m0/s1. The molecular formula is C31H33FN4O3. The lowest BCUT2D eigenvalue weighted by Crippen LogP contribution is -2.46. The van der Waals surface area contributed by atoms with Crippen LogP contribution in [0.2, 0.25) is 0 Å². The third-order valence-corrected chi connectivity index (χ3v) is 8.16. The molecule has 3 aromatic rings. The van der Waals surface area contributed by atoms with E-state index in [0.717, 1.165) is 51.0 Å². The van der Waals surface area contributed by atoms with Crippen LogP contribution >= 0.6 is 0 Å². The van der Waals surface area contributed by atoms with Crippen LogP contribution in [0.15, 0.2) is 48.5 Å². The highest BCUT2D eigenvalue weighted by Crippen LogP contribution is 2.41. The minimum atomic E-state index is -0.362. The Hall–Kier alpha value is -3.75. The van der Waals surface area contributed by atoms with Gasteiger partial charge in [-0.15, -0.1) is 0 Å². The SMILES string of the molecule is Cc1cc(C(=O)N2CCC[C@H]2CN2CCC(O)CC2)c(C=C2C(=O)Nc3cccc(-c4ccccc4F)c32)[nH]1. The molecule has 0 saturated carbocycles. The van der Waals surface area contributed by atoms with Crippen LogP contribution in [0.25, 0.3) is 22.8 Å². The highest BCUT2D eigenvalue weighted by Gasteiger charge is 2.34. The topological polar surface area (TPSA) is 88.7 Å². The number of aliphatic hydroxyl groups excluding tert-OH is 1. The summed E-state index contributed by atoms with van der Waals surface area (Å²) in [5.74, 6) is -0.697. The second-order valence-electron chi connectivity index (χ2n) is 10.8. The molecule has 2 saturated heterocycles. The summed E-state index contributed by atoms with van der Waals surface area (Å²) in [6.45, 7) is 5.09. The number of anilines is 1. The number of H-pyrrole nitrogens is 1. The minimum Gasteiger partial charge on any atom is -0.393 e. The monoisotopic (exact) mass is 528 g/mol. The van der Waals surface area contributed by atoms with Crippen molar-refractivity contribution in [2.45, 2.75) is 44.8 Å². The third-order valence-electron chi connectivity index (χ3n) is 8.16. The summed E-state index contributed by atoms with van der Waals surface area (Å²) in [4.78, 5) is 34.6. The number of aryl methyl sites for hydroxylation is 1. The molecule has 4 heterocycles. The average Bonchev–Trinajstić information content (AvgIpc) is 3.62. The van der Waals surface area contributed by atoms with E-state index in [0.29, 0.717) is 45.8 Å². The Morgan fingerprint density at radius 1 is 1.08 bits per heavy atom. The van der Waals surface area contributed by atoms with Gasteiger partial charge >= 0.3 is 0 Å². The van der Waals surface area contributed by atoms with Crippen LogP contribution in [0, 0.1) is 12.7 Å². The smallest absolute Gasteiger partial charge is 0.256 e. The number of nitrogens with one attached hydrogen (secondary N) is 2. The summed E-state index contributed by atoms with van der Waals surface area (Å²) in [6, 6.07) is 13.9. The van der Waals surface area contributed by atoms with Crippen molar-refractivity contribution in [3.8, 4) is 11.1 Å². The fraction of sp³-hybridized carbons (Fsp3) is 0.355. The van der Waals surface area contributed by atoms with Crippen LogP contribution in [-0.4, -0.2) is 70.0 Å². The lowest BCUT2D eigenvalue weighted by molar-refractivity contribution is -0.110. The Kier molecular flexibility index (Phi) is 6.83. The molecule has 202 valence electrons. The Labute approximate surface area is 227 Å². The molecule has 1 aromatic heterocycles. The summed E-state index contributed by atoms with van der Waals surface area (Å²) in [7, 11) is 0. The van der Waals surface area contributed by atoms with Gasteiger partial charge < -0.3 is 25.2 Å². The van der Waals surface area contributed by atoms with Gasteiger partial charge in [0.1, 0.15) is 5.82 Å². The molecule has 6 rings (SSSR count). The van der Waals surface area contributed by atoms with Crippen molar-refractivity contribution < 1.29 is 19.1 Å². The lowest BCUT2D eigenvalue weighted by atomic mass is 9.94. The van der Waals surface area contributed by atoms with E-state index in [9.17, 15) is 19.1 Å². The molecule has 7 nitrogen and oxygen atoms in total. The van der Waals surface area contributed by atoms with Crippen LogP contribution in [0.3, 0.4) is 0 Å². The van der Waals surface area contributed by atoms with E-state index < -0.39 is 0 Å². The summed E-state index contributed by atoms with van der Waals surface area (Å²) in [5.41, 5.74) is 4.62. The summed E-state index contributed by atoms with van der Waals surface area (Å²) in [6.07, 6.45) is 4.95. The van der Waals surface area contributed by atoms with Crippen LogP contribution in [0.5, 0.6) is 0 Å². The molecule has 3 aliphatic heterocycles. The van der Waals surface area contributed by atoms with Crippen molar-refractivity contribution in [3.63, 3.8) is 0 Å². The highest BCUT2D eigenvalue weighted by molar-refractivity contribution is 6.36. The number of amides is 2. The van der Waals surface area contributed by atoms with Gasteiger partial charge in [0.15, 0.2) is 0 Å². The number of benzene rings is 2. The number of nitrogens with zero attached hydrogens (tertiary/aromatic N) is 2. The summed E-state index contributed by atoms with van der Waals surface area (Å²) in [5, 5.41) is 12.8. The number of fused-ring (bicyclic) bond motifs is 1. The number of rotatable bonds is 5. The maximum absolute atomic E-state index is 14.8. The lowest BCUT2D eigenvalue weighted by Gasteiger charge is -2.34. The molecule has 39 heavy (non-hydrogen) atoms. The van der Waals surface area contributed by atoms with Crippen molar-refractivity contribution in [2.24, 2.45) is 0 Å². The zero-order chi connectivity index (χ0) is 27.1. The molecule has 2 fully saturated rings. The van der Waals surface area contributed by atoms with E-state index in [1.807, 2.05) is 24.0 Å². The number of piperidine rings is 1. The summed E-state index contributed by atoms with van der Waals surface area (Å²) >= 11 is 0. The van der Waals surface area contributed by atoms with Gasteiger partial charge in [-0.1, -0.05) is 30.3 Å². The van der Waals surface area contributed by atoms with E-state index in [-0.39, 0.29) is 29.8 Å². The van der Waals surface area contributed by atoms with Gasteiger partial charge in [-0.2, -0.15) is 0 Å². The Morgan fingerprint density at radius 2 is 1.85 bits per heavy atom. The molecule has 2 aromatic carbocycles. The third kappa shape index (κ3) is 4.90. The first-order chi connectivity index (χ1) is 18.9. The normalized spacial score (nSPS) is 21.0. The zero-order valence-corrected chi connectivity index (χ0v) is 22.0. The van der Waals surface area contributed by atoms with Crippen molar-refractivity contribution in [1.82, 2.24) is 14.8 Å². The maximum Gasteiger partial charge on any atom is 0.256 e. The van der Waals surface area contributed by atoms with Crippen LogP contribution in [0.1, 0.15) is 53.0 Å². The van der Waals surface area contributed by atoms with Crippen molar-refractivity contribution in [3.05, 3.63) is 76.9 Å². The Bertz CT molecular complexity index is 1450. The second kappa shape index (κ2) is 10.4. The van der Waals surface area contributed by atoms with Gasteiger partial charge in [0.25, 0.3) is 11.8 Å². The van der Waals surface area contributed by atoms with E-state index in [1.165, 1.54) is 6.07 Å². The zero-order valence-electron chi connectivity index (χ0n) is 22.0. The van der Waals surface area contributed by atoms with Crippen molar-refractivity contribution in [1.29, 1.82) is 0 Å². The Balaban J connectivity index is 1.33. The first kappa shape index (κ1) is 25.5. The molecule has 3 N–H and O–H groups in total. The fourth-order valence-corrected chi connectivity index (χ4v) is 6.18. The van der Waals surface area contributed by atoms with Gasteiger partial charge in [-0.05, 0) is 62.4 Å². The van der Waals surface area contributed by atoms with Crippen molar-refractivity contribution >= 4 is 29.2 Å². The highest BCUT2D eigenvalue weighted by atomic mass is 19.1. The molecule has 0 radical (unpaired) electrons. The second-order valence-corrected chi connectivity index (χ2v) is 10.8. The average molecular weight is 529 g/mol. The number of halogens is 1. The van der Waals surface area contributed by atoms with E-state index in [2.05, 4.69) is 15.2 Å². The van der Waals surface area contributed by atoms with E-state index in [4.69, 9.17) is 0 Å². The molecule has 8 heteroatoms. The molecule has 1 atom stereocenters. The Morgan fingerprint density at radius 3 is 2.64 bits per heavy atom.